The Kier molecular flexibility index (Phi) is 9.67. The van der Waals surface area contributed by atoms with Gasteiger partial charge in [0.1, 0.15) is 0 Å². The maximum Gasteiger partial charge on any atom is 0.0431 e. The molecule has 0 aliphatic heterocycles. The summed E-state index contributed by atoms with van der Waals surface area (Å²) < 4.78 is 11.6. The van der Waals surface area contributed by atoms with Gasteiger partial charge in [-0.25, -0.2) is 0 Å². The first-order chi connectivity index (χ1) is 6.72. The molecule has 0 heterocycles. The third kappa shape index (κ3) is 7.47. The van der Waals surface area contributed by atoms with E-state index in [4.69, 9.17) is 10.8 Å². The summed E-state index contributed by atoms with van der Waals surface area (Å²) in [5.41, 5.74) is 5.40. The molecule has 0 aromatic rings. The van der Waals surface area contributed by atoms with Crippen molar-refractivity contribution in [3.8, 4) is 0 Å². The minimum absolute atomic E-state index is 0.234. The van der Waals surface area contributed by atoms with E-state index in [1.165, 1.54) is 0 Å². The summed E-state index contributed by atoms with van der Waals surface area (Å²) in [7, 11) is -0.713. The molecule has 2 unspecified atom stereocenters. The van der Waals surface area contributed by atoms with Crippen LogP contribution in [0.1, 0.15) is 39.0 Å². The lowest BCUT2D eigenvalue weighted by Gasteiger charge is -2.09. The van der Waals surface area contributed by atoms with Gasteiger partial charge >= 0.3 is 0 Å². The topological polar surface area (TPSA) is 63.3 Å². The summed E-state index contributed by atoms with van der Waals surface area (Å²) in [6.07, 6.45) is 4.83. The zero-order valence-electron chi connectivity index (χ0n) is 9.08. The maximum atomic E-state index is 11.6. The van der Waals surface area contributed by atoms with Crippen molar-refractivity contribution in [2.45, 2.75) is 44.3 Å². The Labute approximate surface area is 89.5 Å². The number of aliphatic hydroxyl groups excluding tert-OH is 1. The van der Waals surface area contributed by atoms with Crippen molar-refractivity contribution in [2.75, 3.05) is 18.9 Å². The molecule has 0 rings (SSSR count). The molecule has 3 N–H and O–H groups in total. The molecule has 0 radical (unpaired) electrons. The molecule has 0 amide bonds. The van der Waals surface area contributed by atoms with Gasteiger partial charge in [-0.3, -0.25) is 4.21 Å². The van der Waals surface area contributed by atoms with Gasteiger partial charge in [0.25, 0.3) is 0 Å². The third-order valence-corrected chi connectivity index (χ3v) is 4.10. The van der Waals surface area contributed by atoms with Crippen LogP contribution in [0.3, 0.4) is 0 Å². The molecule has 2 atom stereocenters. The molecular weight excluding hydrogens is 198 g/mol. The Morgan fingerprint density at radius 2 is 1.93 bits per heavy atom. The van der Waals surface area contributed by atoms with Crippen LogP contribution >= 0.6 is 0 Å². The number of nitrogens with two attached hydrogens (primary N) is 1. The molecule has 0 aromatic heterocycles. The highest BCUT2D eigenvalue weighted by molar-refractivity contribution is 7.85. The predicted molar refractivity (Wildman–Crippen MR) is 61.7 cm³/mol. The highest BCUT2D eigenvalue weighted by Crippen LogP contribution is 2.05. The van der Waals surface area contributed by atoms with Gasteiger partial charge < -0.3 is 10.8 Å². The van der Waals surface area contributed by atoms with Gasteiger partial charge in [0, 0.05) is 28.4 Å². The van der Waals surface area contributed by atoms with E-state index in [0.29, 0.717) is 6.54 Å². The molecule has 3 nitrogen and oxygen atoms in total. The average Bonchev–Trinajstić information content (AvgIpc) is 2.17. The largest absolute Gasteiger partial charge is 0.396 e. The van der Waals surface area contributed by atoms with Crippen LogP contribution in [0.2, 0.25) is 0 Å². The van der Waals surface area contributed by atoms with Crippen LogP contribution in [0.25, 0.3) is 0 Å². The quantitative estimate of drug-likeness (QED) is 0.572. The van der Waals surface area contributed by atoms with Crippen molar-refractivity contribution in [3.05, 3.63) is 0 Å². The van der Waals surface area contributed by atoms with E-state index in [0.717, 1.165) is 37.9 Å². The van der Waals surface area contributed by atoms with Gasteiger partial charge in [-0.2, -0.15) is 0 Å². The van der Waals surface area contributed by atoms with E-state index in [-0.39, 0.29) is 11.9 Å². The highest BCUT2D eigenvalue weighted by atomic mass is 32.2. The van der Waals surface area contributed by atoms with Gasteiger partial charge in [0.2, 0.25) is 0 Å². The lowest BCUT2D eigenvalue weighted by Crippen LogP contribution is -2.18. The van der Waals surface area contributed by atoms with Gasteiger partial charge in [0.15, 0.2) is 0 Å². The fourth-order valence-electron chi connectivity index (χ4n) is 1.28. The summed E-state index contributed by atoms with van der Waals surface area (Å²) in [5, 5.41) is 8.79. The number of aliphatic hydroxyl groups is 1. The Morgan fingerprint density at radius 3 is 2.50 bits per heavy atom. The molecule has 0 aliphatic rings. The fraction of sp³-hybridized carbons (Fsp3) is 1.00. The average molecular weight is 221 g/mol. The van der Waals surface area contributed by atoms with E-state index < -0.39 is 10.8 Å². The van der Waals surface area contributed by atoms with E-state index in [2.05, 4.69) is 0 Å². The first-order valence-electron chi connectivity index (χ1n) is 5.40. The smallest absolute Gasteiger partial charge is 0.0431 e. The molecule has 0 fully saturated rings. The molecule has 86 valence electrons. The SMILES string of the molecule is CC(CCN)S(=O)CCCCCCO. The summed E-state index contributed by atoms with van der Waals surface area (Å²) in [6.45, 7) is 2.89. The molecule has 0 saturated carbocycles. The Balaban J connectivity index is 3.34. The number of rotatable bonds is 9. The first-order valence-corrected chi connectivity index (χ1v) is 6.78. The minimum atomic E-state index is -0.713. The van der Waals surface area contributed by atoms with Crippen LogP contribution in [0.15, 0.2) is 0 Å². The molecule has 14 heavy (non-hydrogen) atoms. The maximum absolute atomic E-state index is 11.6. The molecular formula is C10H23NO2S. The number of unbranched alkanes of at least 4 members (excludes halogenated alkanes) is 3. The van der Waals surface area contributed by atoms with E-state index in [1.807, 2.05) is 6.92 Å². The second kappa shape index (κ2) is 9.62. The van der Waals surface area contributed by atoms with Crippen molar-refractivity contribution in [2.24, 2.45) is 5.73 Å². The summed E-state index contributed by atoms with van der Waals surface area (Å²) in [5.74, 6) is 0.784. The summed E-state index contributed by atoms with van der Waals surface area (Å²) in [6, 6.07) is 0. The van der Waals surface area contributed by atoms with Crippen molar-refractivity contribution < 1.29 is 9.32 Å². The number of hydrogen-bond acceptors (Lipinski definition) is 3. The van der Waals surface area contributed by atoms with Crippen LogP contribution in [0.4, 0.5) is 0 Å². The van der Waals surface area contributed by atoms with Crippen molar-refractivity contribution in [1.29, 1.82) is 0 Å². The molecule has 0 saturated heterocycles. The molecule has 0 bridgehead atoms. The molecule has 0 aliphatic carbocycles. The lowest BCUT2D eigenvalue weighted by molar-refractivity contribution is 0.283. The van der Waals surface area contributed by atoms with Crippen LogP contribution in [0.5, 0.6) is 0 Å². The van der Waals surface area contributed by atoms with Crippen LogP contribution in [-0.2, 0) is 10.8 Å². The van der Waals surface area contributed by atoms with Crippen molar-refractivity contribution >= 4 is 10.8 Å². The van der Waals surface area contributed by atoms with Gasteiger partial charge in [-0.15, -0.1) is 0 Å². The fourth-order valence-corrected chi connectivity index (χ4v) is 2.57. The van der Waals surface area contributed by atoms with Crippen LogP contribution < -0.4 is 5.73 Å². The monoisotopic (exact) mass is 221 g/mol. The van der Waals surface area contributed by atoms with Gasteiger partial charge in [-0.05, 0) is 25.8 Å². The van der Waals surface area contributed by atoms with E-state index in [9.17, 15) is 4.21 Å². The molecule has 0 spiro atoms. The highest BCUT2D eigenvalue weighted by Gasteiger charge is 2.08. The van der Waals surface area contributed by atoms with Crippen LogP contribution in [0, 0.1) is 0 Å². The van der Waals surface area contributed by atoms with E-state index >= 15 is 0 Å². The number of hydrogen-bond donors (Lipinski definition) is 2. The minimum Gasteiger partial charge on any atom is -0.396 e. The summed E-state index contributed by atoms with van der Waals surface area (Å²) in [4.78, 5) is 0. The second-order valence-electron chi connectivity index (χ2n) is 3.61. The van der Waals surface area contributed by atoms with Gasteiger partial charge in [0.05, 0.1) is 0 Å². The van der Waals surface area contributed by atoms with Gasteiger partial charge in [-0.1, -0.05) is 19.8 Å². The second-order valence-corrected chi connectivity index (χ2v) is 5.59. The summed E-state index contributed by atoms with van der Waals surface area (Å²) >= 11 is 0. The van der Waals surface area contributed by atoms with Crippen molar-refractivity contribution in [3.63, 3.8) is 0 Å². The Morgan fingerprint density at radius 1 is 1.29 bits per heavy atom. The third-order valence-electron chi connectivity index (χ3n) is 2.28. The van der Waals surface area contributed by atoms with Crippen LogP contribution in [-0.4, -0.2) is 33.5 Å². The molecule has 0 aromatic carbocycles. The first kappa shape index (κ1) is 14.1. The zero-order chi connectivity index (χ0) is 10.8. The normalized spacial score (nSPS) is 15.4. The Hall–Kier alpha value is 0.0700. The zero-order valence-corrected chi connectivity index (χ0v) is 9.89. The lowest BCUT2D eigenvalue weighted by atomic mass is 10.2. The van der Waals surface area contributed by atoms with Crippen molar-refractivity contribution in [1.82, 2.24) is 0 Å². The predicted octanol–water partition coefficient (Wildman–Crippen LogP) is 1.03. The Bertz CT molecular complexity index is 153. The standard InChI is InChI=1S/C10H23NO2S/c1-10(6-7-11)14(13)9-5-3-2-4-8-12/h10,12H,2-9,11H2,1H3. The van der Waals surface area contributed by atoms with E-state index in [1.54, 1.807) is 0 Å². The molecule has 4 heteroatoms.